The lowest BCUT2D eigenvalue weighted by atomic mass is 10.0. The Morgan fingerprint density at radius 1 is 1.32 bits per heavy atom. The SMILES string of the molecule is C[C@@H]1CN(Cc2ccc(F)cc2C(F)(F)F)C(=O)CN1c1cn[nH]c(=O)c1Cl. The molecule has 0 bridgehead atoms. The Bertz CT molecular complexity index is 963. The van der Waals surface area contributed by atoms with Crippen LogP contribution in [0.1, 0.15) is 18.1 Å². The number of rotatable bonds is 3. The number of aromatic nitrogens is 2. The van der Waals surface area contributed by atoms with E-state index >= 15 is 0 Å². The van der Waals surface area contributed by atoms with Crippen LogP contribution in [0.5, 0.6) is 0 Å². The fourth-order valence-corrected chi connectivity index (χ4v) is 3.33. The van der Waals surface area contributed by atoms with E-state index in [0.29, 0.717) is 6.07 Å². The molecule has 1 atom stereocenters. The maximum Gasteiger partial charge on any atom is 0.416 e. The van der Waals surface area contributed by atoms with Crippen LogP contribution in [0.3, 0.4) is 0 Å². The van der Waals surface area contributed by atoms with Gasteiger partial charge < -0.3 is 9.80 Å². The maximum absolute atomic E-state index is 13.3. The van der Waals surface area contributed by atoms with E-state index in [2.05, 4.69) is 10.2 Å². The molecule has 0 spiro atoms. The van der Waals surface area contributed by atoms with Gasteiger partial charge in [-0.25, -0.2) is 9.49 Å². The summed E-state index contributed by atoms with van der Waals surface area (Å²) in [4.78, 5) is 27.0. The largest absolute Gasteiger partial charge is 0.416 e. The molecule has 2 aromatic rings. The van der Waals surface area contributed by atoms with Gasteiger partial charge in [0.25, 0.3) is 5.56 Å². The van der Waals surface area contributed by atoms with Gasteiger partial charge in [-0.15, -0.1) is 0 Å². The average molecular weight is 419 g/mol. The zero-order valence-electron chi connectivity index (χ0n) is 14.6. The Morgan fingerprint density at radius 2 is 2.04 bits per heavy atom. The molecule has 1 aromatic carbocycles. The second-order valence-corrected chi connectivity index (χ2v) is 6.83. The predicted molar refractivity (Wildman–Crippen MR) is 93.5 cm³/mol. The van der Waals surface area contributed by atoms with Crippen LogP contribution in [-0.2, 0) is 17.5 Å². The molecular formula is C17H15ClF4N4O2. The Hall–Kier alpha value is -2.62. The van der Waals surface area contributed by atoms with Crippen molar-refractivity contribution in [1.82, 2.24) is 15.1 Å². The van der Waals surface area contributed by atoms with Gasteiger partial charge in [0.05, 0.1) is 24.0 Å². The van der Waals surface area contributed by atoms with E-state index in [1.165, 1.54) is 11.1 Å². The minimum atomic E-state index is -4.74. The number of nitrogens with zero attached hydrogens (tertiary/aromatic N) is 3. The standard InChI is InChI=1S/C17H15ClF4N4O2/c1-9-6-25(7-10-2-3-11(19)4-12(10)17(20,21)22)14(27)8-26(9)13-5-23-24-16(28)15(13)18/h2-5,9H,6-8H2,1H3,(H,24,28)/t9-/m1/s1. The molecule has 2 heterocycles. The Morgan fingerprint density at radius 3 is 2.71 bits per heavy atom. The highest BCUT2D eigenvalue weighted by atomic mass is 35.5. The van der Waals surface area contributed by atoms with Crippen LogP contribution in [0.15, 0.2) is 29.2 Å². The number of H-pyrrole nitrogens is 1. The minimum Gasteiger partial charge on any atom is -0.355 e. The zero-order valence-corrected chi connectivity index (χ0v) is 15.3. The molecular weight excluding hydrogens is 404 g/mol. The molecule has 28 heavy (non-hydrogen) atoms. The monoisotopic (exact) mass is 418 g/mol. The number of aromatic amines is 1. The van der Waals surface area contributed by atoms with Crippen LogP contribution < -0.4 is 10.5 Å². The third kappa shape index (κ3) is 3.96. The van der Waals surface area contributed by atoms with E-state index in [1.54, 1.807) is 11.8 Å². The van der Waals surface area contributed by atoms with Crippen LogP contribution in [0, 0.1) is 5.82 Å². The second-order valence-electron chi connectivity index (χ2n) is 6.45. The molecule has 1 fully saturated rings. The molecule has 1 N–H and O–H groups in total. The lowest BCUT2D eigenvalue weighted by molar-refractivity contribution is -0.140. The van der Waals surface area contributed by atoms with Gasteiger partial charge in [-0.3, -0.25) is 9.59 Å². The number of anilines is 1. The number of alkyl halides is 3. The fourth-order valence-electron chi connectivity index (χ4n) is 3.13. The summed E-state index contributed by atoms with van der Waals surface area (Å²) in [5.74, 6) is -1.45. The van der Waals surface area contributed by atoms with Gasteiger partial charge in [-0.05, 0) is 24.6 Å². The summed E-state index contributed by atoms with van der Waals surface area (Å²) in [7, 11) is 0. The van der Waals surface area contributed by atoms with Gasteiger partial charge >= 0.3 is 6.18 Å². The number of amides is 1. The van der Waals surface area contributed by atoms with Crippen LogP contribution in [0.4, 0.5) is 23.2 Å². The van der Waals surface area contributed by atoms with Crippen LogP contribution in [0.25, 0.3) is 0 Å². The number of piperazine rings is 1. The van der Waals surface area contributed by atoms with E-state index in [1.807, 2.05) is 0 Å². The molecule has 150 valence electrons. The van der Waals surface area contributed by atoms with Crippen molar-refractivity contribution in [3.63, 3.8) is 0 Å². The Labute approximate surface area is 161 Å². The Balaban J connectivity index is 1.84. The number of halogens is 5. The van der Waals surface area contributed by atoms with Crippen molar-refractivity contribution in [2.75, 3.05) is 18.0 Å². The smallest absolute Gasteiger partial charge is 0.355 e. The molecule has 0 radical (unpaired) electrons. The molecule has 1 aromatic heterocycles. The number of nitrogens with one attached hydrogen (secondary N) is 1. The van der Waals surface area contributed by atoms with E-state index < -0.39 is 29.0 Å². The average Bonchev–Trinajstić information content (AvgIpc) is 2.61. The summed E-state index contributed by atoms with van der Waals surface area (Å²) in [5, 5.41) is 5.71. The highest BCUT2D eigenvalue weighted by Crippen LogP contribution is 2.34. The number of benzene rings is 1. The molecule has 0 aliphatic carbocycles. The third-order valence-corrected chi connectivity index (χ3v) is 4.87. The summed E-state index contributed by atoms with van der Waals surface area (Å²) in [6.45, 7) is 1.34. The molecule has 6 nitrogen and oxygen atoms in total. The zero-order chi connectivity index (χ0) is 20.6. The van der Waals surface area contributed by atoms with E-state index in [4.69, 9.17) is 11.6 Å². The van der Waals surface area contributed by atoms with E-state index in [0.717, 1.165) is 12.1 Å². The molecule has 1 aliphatic rings. The first-order valence-electron chi connectivity index (χ1n) is 8.21. The number of hydrogen-bond acceptors (Lipinski definition) is 4. The van der Waals surface area contributed by atoms with Crippen molar-refractivity contribution in [1.29, 1.82) is 0 Å². The molecule has 1 aliphatic heterocycles. The summed E-state index contributed by atoms with van der Waals surface area (Å²) in [5.41, 5.74) is -1.65. The van der Waals surface area contributed by atoms with Gasteiger partial charge in [0.1, 0.15) is 10.8 Å². The normalized spacial score (nSPS) is 17.9. The van der Waals surface area contributed by atoms with Crippen molar-refractivity contribution in [2.24, 2.45) is 0 Å². The first-order valence-corrected chi connectivity index (χ1v) is 8.59. The van der Waals surface area contributed by atoms with Crippen LogP contribution in [0.2, 0.25) is 5.02 Å². The van der Waals surface area contributed by atoms with Gasteiger partial charge in [0.15, 0.2) is 0 Å². The highest BCUT2D eigenvalue weighted by Gasteiger charge is 2.36. The van der Waals surface area contributed by atoms with Crippen LogP contribution in [-0.4, -0.2) is 40.1 Å². The minimum absolute atomic E-state index is 0.0939. The fraction of sp³-hybridized carbons (Fsp3) is 0.353. The summed E-state index contributed by atoms with van der Waals surface area (Å²) < 4.78 is 52.8. The Kier molecular flexibility index (Phi) is 5.33. The van der Waals surface area contributed by atoms with Crippen molar-refractivity contribution in [3.8, 4) is 0 Å². The topological polar surface area (TPSA) is 69.3 Å². The molecule has 1 saturated heterocycles. The first-order chi connectivity index (χ1) is 13.1. The van der Waals surface area contributed by atoms with E-state index in [9.17, 15) is 27.2 Å². The van der Waals surface area contributed by atoms with Crippen molar-refractivity contribution in [3.05, 3.63) is 56.7 Å². The van der Waals surface area contributed by atoms with Crippen LogP contribution >= 0.6 is 11.6 Å². The maximum atomic E-state index is 13.3. The summed E-state index contributed by atoms with van der Waals surface area (Å²) >= 11 is 5.98. The van der Waals surface area contributed by atoms with Gasteiger partial charge in [0, 0.05) is 19.1 Å². The number of hydrogen-bond donors (Lipinski definition) is 1. The first kappa shape index (κ1) is 20.1. The van der Waals surface area contributed by atoms with Gasteiger partial charge in [0.2, 0.25) is 5.91 Å². The van der Waals surface area contributed by atoms with Crippen molar-refractivity contribution in [2.45, 2.75) is 25.7 Å². The summed E-state index contributed by atoms with van der Waals surface area (Å²) in [6, 6.07) is 2.03. The number of carbonyl (C=O) groups excluding carboxylic acids is 1. The number of carbonyl (C=O) groups is 1. The van der Waals surface area contributed by atoms with Gasteiger partial charge in [-0.2, -0.15) is 18.3 Å². The van der Waals surface area contributed by atoms with Gasteiger partial charge in [-0.1, -0.05) is 17.7 Å². The predicted octanol–water partition coefficient (Wildman–Crippen LogP) is 2.82. The quantitative estimate of drug-likeness (QED) is 0.778. The molecule has 0 unspecified atom stereocenters. The lowest BCUT2D eigenvalue weighted by Crippen LogP contribution is -2.55. The second kappa shape index (κ2) is 7.42. The van der Waals surface area contributed by atoms with Crippen molar-refractivity contribution < 1.29 is 22.4 Å². The molecule has 0 saturated carbocycles. The highest BCUT2D eigenvalue weighted by molar-refractivity contribution is 6.33. The lowest BCUT2D eigenvalue weighted by Gasteiger charge is -2.40. The third-order valence-electron chi connectivity index (χ3n) is 4.50. The van der Waals surface area contributed by atoms with Crippen molar-refractivity contribution >= 4 is 23.2 Å². The molecule has 3 rings (SSSR count). The summed E-state index contributed by atoms with van der Waals surface area (Å²) in [6.07, 6.45) is -3.43. The molecule has 1 amide bonds. The van der Waals surface area contributed by atoms with E-state index in [-0.39, 0.29) is 41.9 Å². The molecule has 11 heteroatoms.